The van der Waals surface area contributed by atoms with Crippen molar-refractivity contribution < 1.29 is 4.79 Å². The average Bonchev–Trinajstić information content (AvgIpc) is 3.36. The standard InChI is InChI=1S/C22H29N3OS/c26-21(24-17-22(11-7-12-22)18-8-2-1-3-9-18)23-16-19(20-10-6-15-27-20)25-13-4-5-14-25/h1-3,6,8-10,15,19H,4-5,7,11-14,16-17H2,(H2,23,24,26). The van der Waals surface area contributed by atoms with Crippen molar-refractivity contribution in [2.45, 2.75) is 43.6 Å². The third-order valence-corrected chi connectivity index (χ3v) is 7.17. The molecule has 2 aromatic rings. The molecule has 2 heterocycles. The molecule has 2 aliphatic rings. The van der Waals surface area contributed by atoms with Crippen LogP contribution in [0.15, 0.2) is 47.8 Å². The molecule has 1 aliphatic carbocycles. The molecular weight excluding hydrogens is 354 g/mol. The Kier molecular flexibility index (Phi) is 5.79. The Balaban J connectivity index is 1.32. The molecule has 1 saturated heterocycles. The monoisotopic (exact) mass is 383 g/mol. The second kappa shape index (κ2) is 8.44. The van der Waals surface area contributed by atoms with Crippen LogP contribution in [0.3, 0.4) is 0 Å². The average molecular weight is 384 g/mol. The van der Waals surface area contributed by atoms with Gasteiger partial charge in [-0.25, -0.2) is 4.79 Å². The maximum atomic E-state index is 12.5. The molecule has 1 saturated carbocycles. The summed E-state index contributed by atoms with van der Waals surface area (Å²) in [5, 5.41) is 8.41. The molecular formula is C22H29N3OS. The molecule has 0 spiro atoms. The fraction of sp³-hybridized carbons (Fsp3) is 0.500. The van der Waals surface area contributed by atoms with Crippen LogP contribution in [0, 0.1) is 0 Å². The number of hydrogen-bond acceptors (Lipinski definition) is 3. The quantitative estimate of drug-likeness (QED) is 0.748. The summed E-state index contributed by atoms with van der Waals surface area (Å²) < 4.78 is 0. The van der Waals surface area contributed by atoms with Gasteiger partial charge in [0.15, 0.2) is 0 Å². The van der Waals surface area contributed by atoms with Crippen molar-refractivity contribution >= 4 is 17.4 Å². The zero-order chi connectivity index (χ0) is 18.5. The van der Waals surface area contributed by atoms with Crippen molar-refractivity contribution in [3.63, 3.8) is 0 Å². The van der Waals surface area contributed by atoms with Gasteiger partial charge in [-0.15, -0.1) is 11.3 Å². The van der Waals surface area contributed by atoms with Crippen LogP contribution in [0.25, 0.3) is 0 Å². The summed E-state index contributed by atoms with van der Waals surface area (Å²) in [5.41, 5.74) is 1.48. The number of rotatable bonds is 7. The molecule has 1 unspecified atom stereocenters. The lowest BCUT2D eigenvalue weighted by atomic mass is 9.64. The summed E-state index contributed by atoms with van der Waals surface area (Å²) >= 11 is 1.78. The van der Waals surface area contributed by atoms with Gasteiger partial charge in [0, 0.05) is 23.4 Å². The van der Waals surface area contributed by atoms with E-state index in [4.69, 9.17) is 0 Å². The van der Waals surface area contributed by atoms with E-state index in [-0.39, 0.29) is 11.4 Å². The summed E-state index contributed by atoms with van der Waals surface area (Å²) in [4.78, 5) is 16.4. The number of nitrogens with one attached hydrogen (secondary N) is 2. The van der Waals surface area contributed by atoms with Crippen molar-refractivity contribution in [1.29, 1.82) is 0 Å². The molecule has 0 bridgehead atoms. The van der Waals surface area contributed by atoms with Crippen molar-refractivity contribution in [2.24, 2.45) is 0 Å². The molecule has 27 heavy (non-hydrogen) atoms. The first-order chi connectivity index (χ1) is 13.3. The van der Waals surface area contributed by atoms with Crippen molar-refractivity contribution in [3.8, 4) is 0 Å². The zero-order valence-corrected chi connectivity index (χ0v) is 16.6. The van der Waals surface area contributed by atoms with E-state index in [1.54, 1.807) is 11.3 Å². The molecule has 4 rings (SSSR count). The number of nitrogens with zero attached hydrogens (tertiary/aromatic N) is 1. The summed E-state index contributed by atoms with van der Waals surface area (Å²) in [6.07, 6.45) is 6.07. The van der Waals surface area contributed by atoms with Gasteiger partial charge >= 0.3 is 6.03 Å². The van der Waals surface area contributed by atoms with Gasteiger partial charge in [-0.3, -0.25) is 4.90 Å². The zero-order valence-electron chi connectivity index (χ0n) is 15.8. The summed E-state index contributed by atoms with van der Waals surface area (Å²) in [7, 11) is 0. The van der Waals surface area contributed by atoms with Crippen molar-refractivity contribution in [2.75, 3.05) is 26.2 Å². The Morgan fingerprint density at radius 3 is 2.44 bits per heavy atom. The summed E-state index contributed by atoms with van der Waals surface area (Å²) in [6.45, 7) is 3.65. The maximum absolute atomic E-state index is 12.5. The Labute approximate surface area is 166 Å². The first-order valence-electron chi connectivity index (χ1n) is 10.1. The second-order valence-electron chi connectivity index (χ2n) is 7.84. The third-order valence-electron chi connectivity index (χ3n) is 6.19. The van der Waals surface area contributed by atoms with E-state index >= 15 is 0 Å². The molecule has 1 aliphatic heterocycles. The van der Waals surface area contributed by atoms with Crippen LogP contribution in [0.4, 0.5) is 4.79 Å². The van der Waals surface area contributed by atoms with E-state index in [0.717, 1.165) is 32.5 Å². The predicted octanol–water partition coefficient (Wildman–Crippen LogP) is 4.31. The summed E-state index contributed by atoms with van der Waals surface area (Å²) in [5.74, 6) is 0. The molecule has 1 atom stereocenters. The third kappa shape index (κ3) is 4.19. The van der Waals surface area contributed by atoms with E-state index in [1.807, 2.05) is 0 Å². The van der Waals surface area contributed by atoms with Gasteiger partial charge in [0.2, 0.25) is 0 Å². The second-order valence-corrected chi connectivity index (χ2v) is 8.82. The number of hydrogen-bond donors (Lipinski definition) is 2. The molecule has 144 valence electrons. The fourth-order valence-electron chi connectivity index (χ4n) is 4.41. The number of urea groups is 1. The van der Waals surface area contributed by atoms with Gasteiger partial charge in [0.25, 0.3) is 0 Å². The number of likely N-dealkylation sites (tertiary alicyclic amines) is 1. The lowest BCUT2D eigenvalue weighted by Crippen LogP contribution is -2.49. The van der Waals surface area contributed by atoms with E-state index in [9.17, 15) is 4.79 Å². The molecule has 1 aromatic heterocycles. The van der Waals surface area contributed by atoms with Gasteiger partial charge in [0.05, 0.1) is 6.04 Å². The Morgan fingerprint density at radius 2 is 1.81 bits per heavy atom. The van der Waals surface area contributed by atoms with Crippen LogP contribution in [-0.4, -0.2) is 37.1 Å². The number of benzene rings is 1. The molecule has 2 amide bonds. The molecule has 0 radical (unpaired) electrons. The maximum Gasteiger partial charge on any atom is 0.314 e. The molecule has 4 nitrogen and oxygen atoms in total. The topological polar surface area (TPSA) is 44.4 Å². The number of amides is 2. The Bertz CT molecular complexity index is 721. The lowest BCUT2D eigenvalue weighted by molar-refractivity contribution is 0.207. The number of carbonyl (C=O) groups excluding carboxylic acids is 1. The van der Waals surface area contributed by atoms with E-state index in [2.05, 4.69) is 63.4 Å². The Hall–Kier alpha value is -1.85. The van der Waals surface area contributed by atoms with Gasteiger partial charge < -0.3 is 10.6 Å². The van der Waals surface area contributed by atoms with Crippen LogP contribution in [0.5, 0.6) is 0 Å². The van der Waals surface area contributed by atoms with Crippen molar-refractivity contribution in [3.05, 3.63) is 58.3 Å². The highest BCUT2D eigenvalue weighted by Crippen LogP contribution is 2.43. The highest BCUT2D eigenvalue weighted by molar-refractivity contribution is 7.10. The normalized spacial score (nSPS) is 20.0. The van der Waals surface area contributed by atoms with Gasteiger partial charge in [0.1, 0.15) is 0 Å². The number of carbonyl (C=O) groups is 1. The fourth-order valence-corrected chi connectivity index (χ4v) is 5.27. The number of thiophene rings is 1. The first-order valence-corrected chi connectivity index (χ1v) is 11.0. The van der Waals surface area contributed by atoms with Crippen LogP contribution in [0.2, 0.25) is 0 Å². The van der Waals surface area contributed by atoms with E-state index < -0.39 is 0 Å². The van der Waals surface area contributed by atoms with Gasteiger partial charge in [-0.05, 0) is 55.8 Å². The largest absolute Gasteiger partial charge is 0.337 e. The molecule has 1 aromatic carbocycles. The van der Waals surface area contributed by atoms with Crippen molar-refractivity contribution in [1.82, 2.24) is 15.5 Å². The van der Waals surface area contributed by atoms with Gasteiger partial charge in [-0.1, -0.05) is 42.8 Å². The minimum absolute atomic E-state index is 0.0436. The summed E-state index contributed by atoms with van der Waals surface area (Å²) in [6, 6.07) is 15.2. The highest BCUT2D eigenvalue weighted by atomic mass is 32.1. The minimum Gasteiger partial charge on any atom is -0.337 e. The van der Waals surface area contributed by atoms with Crippen LogP contribution in [0.1, 0.15) is 48.6 Å². The van der Waals surface area contributed by atoms with E-state index in [0.29, 0.717) is 12.6 Å². The van der Waals surface area contributed by atoms with Gasteiger partial charge in [-0.2, -0.15) is 0 Å². The van der Waals surface area contributed by atoms with Crippen LogP contribution >= 0.6 is 11.3 Å². The smallest absolute Gasteiger partial charge is 0.314 e. The van der Waals surface area contributed by atoms with Crippen LogP contribution in [-0.2, 0) is 5.41 Å². The molecule has 5 heteroatoms. The highest BCUT2D eigenvalue weighted by Gasteiger charge is 2.38. The van der Waals surface area contributed by atoms with E-state index in [1.165, 1.54) is 29.7 Å². The molecule has 2 N–H and O–H groups in total. The lowest BCUT2D eigenvalue weighted by Gasteiger charge is -2.42. The Morgan fingerprint density at radius 1 is 1.04 bits per heavy atom. The van der Waals surface area contributed by atoms with Crippen LogP contribution < -0.4 is 10.6 Å². The SMILES string of the molecule is O=C(NCC(c1cccs1)N1CCCC1)NCC1(c2ccccc2)CCC1. The predicted molar refractivity (Wildman–Crippen MR) is 111 cm³/mol. The minimum atomic E-state index is -0.0436. The first kappa shape index (κ1) is 18.5. The molecule has 2 fully saturated rings.